The highest BCUT2D eigenvalue weighted by Crippen LogP contribution is 2.13. The molecule has 0 aliphatic heterocycles. The van der Waals surface area contributed by atoms with E-state index >= 15 is 0 Å². The fraction of sp³-hybridized carbons (Fsp3) is 0.143. The van der Waals surface area contributed by atoms with Gasteiger partial charge in [-0.25, -0.2) is 9.50 Å². The molecule has 0 amide bonds. The monoisotopic (exact) mass is 316 g/mol. The van der Waals surface area contributed by atoms with Crippen LogP contribution in [-0.2, 0) is 6.42 Å². The van der Waals surface area contributed by atoms with E-state index in [0.29, 0.717) is 0 Å². The largest absolute Gasteiger partial charge is 0.368 e. The van der Waals surface area contributed by atoms with Crippen molar-refractivity contribution in [3.63, 3.8) is 0 Å². The van der Waals surface area contributed by atoms with Crippen LogP contribution in [0.2, 0.25) is 0 Å². The Kier molecular flexibility index (Phi) is 3.46. The number of benzene rings is 1. The third kappa shape index (κ3) is 2.76. The van der Waals surface area contributed by atoms with Crippen LogP contribution < -0.4 is 5.32 Å². The molecule has 0 spiro atoms. The van der Waals surface area contributed by atoms with E-state index in [1.165, 1.54) is 5.56 Å². The number of hydrogen-bond acceptors (Lipinski definition) is 3. The summed E-state index contributed by atoms with van der Waals surface area (Å²) in [5, 5.41) is 7.54. The van der Waals surface area contributed by atoms with E-state index in [2.05, 4.69) is 55.6 Å². The number of hydrogen-bond donors (Lipinski definition) is 1. The standard InChI is InChI=1S/C14H13BrN4/c15-12-3-1-11(2-4-12)5-7-16-14-13-6-8-18-19(13)10-9-17-14/h1-4,6,8-10H,5,7H2,(H,16,17). The van der Waals surface area contributed by atoms with Gasteiger partial charge in [-0.05, 0) is 30.2 Å². The first-order valence-corrected chi connectivity index (χ1v) is 6.89. The molecule has 3 aromatic rings. The van der Waals surface area contributed by atoms with Crippen molar-refractivity contribution in [2.24, 2.45) is 0 Å². The van der Waals surface area contributed by atoms with Gasteiger partial charge in [0.05, 0.1) is 6.20 Å². The maximum Gasteiger partial charge on any atom is 0.152 e. The van der Waals surface area contributed by atoms with Crippen molar-refractivity contribution < 1.29 is 0 Å². The lowest BCUT2D eigenvalue weighted by Gasteiger charge is -2.07. The van der Waals surface area contributed by atoms with E-state index < -0.39 is 0 Å². The second-order valence-electron chi connectivity index (χ2n) is 4.24. The second kappa shape index (κ2) is 5.40. The van der Waals surface area contributed by atoms with E-state index in [9.17, 15) is 0 Å². The number of anilines is 1. The summed E-state index contributed by atoms with van der Waals surface area (Å²) < 4.78 is 2.92. The van der Waals surface area contributed by atoms with E-state index in [4.69, 9.17) is 0 Å². The summed E-state index contributed by atoms with van der Waals surface area (Å²) >= 11 is 3.44. The number of halogens is 1. The van der Waals surface area contributed by atoms with Crippen LogP contribution in [0.1, 0.15) is 5.56 Å². The Bertz CT molecular complexity index is 675. The highest BCUT2D eigenvalue weighted by atomic mass is 79.9. The van der Waals surface area contributed by atoms with Gasteiger partial charge in [-0.1, -0.05) is 28.1 Å². The van der Waals surface area contributed by atoms with Gasteiger partial charge in [0.25, 0.3) is 0 Å². The van der Waals surface area contributed by atoms with E-state index in [0.717, 1.165) is 28.8 Å². The minimum Gasteiger partial charge on any atom is -0.368 e. The average molecular weight is 317 g/mol. The number of aromatic nitrogens is 3. The quantitative estimate of drug-likeness (QED) is 0.804. The van der Waals surface area contributed by atoms with Gasteiger partial charge >= 0.3 is 0 Å². The summed E-state index contributed by atoms with van der Waals surface area (Å²) in [6.45, 7) is 0.847. The number of nitrogens with one attached hydrogen (secondary N) is 1. The zero-order valence-electron chi connectivity index (χ0n) is 10.3. The van der Waals surface area contributed by atoms with E-state index in [1.54, 1.807) is 12.4 Å². The average Bonchev–Trinajstić information content (AvgIpc) is 2.90. The van der Waals surface area contributed by atoms with Crippen LogP contribution >= 0.6 is 15.9 Å². The van der Waals surface area contributed by atoms with Crippen molar-refractivity contribution in [1.82, 2.24) is 14.6 Å². The third-order valence-corrected chi connectivity index (χ3v) is 3.47. The number of rotatable bonds is 4. The molecular weight excluding hydrogens is 304 g/mol. The summed E-state index contributed by atoms with van der Waals surface area (Å²) in [4.78, 5) is 4.34. The van der Waals surface area contributed by atoms with Crippen LogP contribution in [-0.4, -0.2) is 21.1 Å². The molecule has 0 unspecified atom stereocenters. The summed E-state index contributed by atoms with van der Waals surface area (Å²) in [6.07, 6.45) is 6.33. The van der Waals surface area contributed by atoms with Gasteiger partial charge in [0.2, 0.25) is 0 Å². The molecule has 19 heavy (non-hydrogen) atoms. The summed E-state index contributed by atoms with van der Waals surface area (Å²) in [5.74, 6) is 0.872. The smallest absolute Gasteiger partial charge is 0.152 e. The van der Waals surface area contributed by atoms with Gasteiger partial charge in [0, 0.05) is 23.4 Å². The van der Waals surface area contributed by atoms with Crippen LogP contribution in [0.25, 0.3) is 5.52 Å². The fourth-order valence-electron chi connectivity index (χ4n) is 1.97. The van der Waals surface area contributed by atoms with Gasteiger partial charge in [0.15, 0.2) is 5.82 Å². The van der Waals surface area contributed by atoms with Crippen LogP contribution in [0, 0.1) is 0 Å². The first-order valence-electron chi connectivity index (χ1n) is 6.09. The molecule has 0 saturated heterocycles. The Morgan fingerprint density at radius 3 is 2.79 bits per heavy atom. The Balaban J connectivity index is 1.66. The molecule has 96 valence electrons. The minimum absolute atomic E-state index is 0.847. The molecule has 0 aliphatic rings. The maximum absolute atomic E-state index is 4.34. The van der Waals surface area contributed by atoms with Crippen molar-refractivity contribution in [1.29, 1.82) is 0 Å². The highest BCUT2D eigenvalue weighted by molar-refractivity contribution is 9.10. The Hall–Kier alpha value is -1.88. The Morgan fingerprint density at radius 2 is 1.95 bits per heavy atom. The van der Waals surface area contributed by atoms with Crippen LogP contribution in [0.3, 0.4) is 0 Å². The zero-order chi connectivity index (χ0) is 13.1. The van der Waals surface area contributed by atoms with Crippen molar-refractivity contribution >= 4 is 27.3 Å². The normalized spacial score (nSPS) is 10.8. The summed E-state index contributed by atoms with van der Waals surface area (Å²) in [7, 11) is 0. The van der Waals surface area contributed by atoms with Crippen molar-refractivity contribution in [3.05, 3.63) is 59.0 Å². The van der Waals surface area contributed by atoms with Crippen molar-refractivity contribution in [2.45, 2.75) is 6.42 Å². The lowest BCUT2D eigenvalue weighted by Crippen LogP contribution is -2.07. The Labute approximate surface area is 119 Å². The van der Waals surface area contributed by atoms with E-state index in [1.807, 2.05) is 16.8 Å². The second-order valence-corrected chi connectivity index (χ2v) is 5.16. The number of fused-ring (bicyclic) bond motifs is 1. The maximum atomic E-state index is 4.34. The third-order valence-electron chi connectivity index (χ3n) is 2.94. The molecule has 0 radical (unpaired) electrons. The molecule has 2 heterocycles. The van der Waals surface area contributed by atoms with Gasteiger partial charge < -0.3 is 5.32 Å². The molecule has 1 N–H and O–H groups in total. The number of nitrogens with zero attached hydrogens (tertiary/aromatic N) is 3. The van der Waals surface area contributed by atoms with Crippen molar-refractivity contribution in [3.8, 4) is 0 Å². The van der Waals surface area contributed by atoms with Gasteiger partial charge in [0.1, 0.15) is 5.52 Å². The molecule has 0 bridgehead atoms. The minimum atomic E-state index is 0.847. The molecule has 0 atom stereocenters. The predicted octanol–water partition coefficient (Wildman–Crippen LogP) is 3.15. The van der Waals surface area contributed by atoms with Crippen molar-refractivity contribution in [2.75, 3.05) is 11.9 Å². The van der Waals surface area contributed by atoms with Crippen LogP contribution in [0.15, 0.2) is 53.4 Å². The molecule has 0 fully saturated rings. The van der Waals surface area contributed by atoms with Crippen LogP contribution in [0.5, 0.6) is 0 Å². The Morgan fingerprint density at radius 1 is 1.11 bits per heavy atom. The van der Waals surface area contributed by atoms with E-state index in [-0.39, 0.29) is 0 Å². The fourth-order valence-corrected chi connectivity index (χ4v) is 2.23. The SMILES string of the molecule is Brc1ccc(CCNc2nccn3nccc23)cc1. The molecule has 0 aliphatic carbocycles. The lowest BCUT2D eigenvalue weighted by atomic mass is 10.1. The summed E-state index contributed by atoms with van der Waals surface area (Å²) in [5.41, 5.74) is 2.30. The lowest BCUT2D eigenvalue weighted by molar-refractivity contribution is 0.937. The molecule has 1 aromatic carbocycles. The predicted molar refractivity (Wildman–Crippen MR) is 79.3 cm³/mol. The van der Waals surface area contributed by atoms with Gasteiger partial charge in [-0.3, -0.25) is 0 Å². The molecule has 5 heteroatoms. The van der Waals surface area contributed by atoms with Gasteiger partial charge in [-0.15, -0.1) is 0 Å². The topological polar surface area (TPSA) is 42.2 Å². The molecular formula is C14H13BrN4. The zero-order valence-corrected chi connectivity index (χ0v) is 11.8. The first kappa shape index (κ1) is 12.2. The molecule has 0 saturated carbocycles. The highest BCUT2D eigenvalue weighted by Gasteiger charge is 2.02. The molecule has 4 nitrogen and oxygen atoms in total. The summed E-state index contributed by atoms with van der Waals surface area (Å²) in [6, 6.07) is 10.3. The van der Waals surface area contributed by atoms with Gasteiger partial charge in [-0.2, -0.15) is 5.10 Å². The first-order chi connectivity index (χ1) is 9.33. The molecule has 2 aromatic heterocycles. The molecule has 3 rings (SSSR count). The van der Waals surface area contributed by atoms with Crippen LogP contribution in [0.4, 0.5) is 5.82 Å².